The Labute approximate surface area is 176 Å². The molecule has 0 N–H and O–H groups in total. The first-order valence-electron chi connectivity index (χ1n) is 12.1. The Morgan fingerprint density at radius 2 is 1.55 bits per heavy atom. The third kappa shape index (κ3) is 3.74. The predicted molar refractivity (Wildman–Crippen MR) is 112 cm³/mol. The second kappa shape index (κ2) is 7.27. The number of esters is 2. The quantitative estimate of drug-likeness (QED) is 0.512. The Balaban J connectivity index is 1.55. The van der Waals surface area contributed by atoms with Crippen LogP contribution in [0.25, 0.3) is 0 Å². The van der Waals surface area contributed by atoms with E-state index in [1.807, 2.05) is 20.8 Å². The number of carbonyl (C=O) groups is 2. The molecule has 0 saturated heterocycles. The molecule has 5 saturated carbocycles. The molecule has 164 valence electrons. The molecule has 5 aliphatic rings. The molecule has 5 fully saturated rings. The van der Waals surface area contributed by atoms with E-state index in [9.17, 15) is 9.59 Å². The fourth-order valence-electron chi connectivity index (χ4n) is 7.04. The van der Waals surface area contributed by atoms with Gasteiger partial charge in [-0.1, -0.05) is 20.3 Å². The molecule has 0 aromatic carbocycles. The molecule has 0 aliphatic heterocycles. The molecule has 0 heterocycles. The second-order valence-corrected chi connectivity index (χ2v) is 11.5. The van der Waals surface area contributed by atoms with Gasteiger partial charge in [0.1, 0.15) is 11.2 Å². The zero-order valence-electron chi connectivity index (χ0n) is 19.0. The second-order valence-electron chi connectivity index (χ2n) is 11.5. The Bertz CT molecular complexity index is 644. The van der Waals surface area contributed by atoms with Crippen molar-refractivity contribution in [2.24, 2.45) is 22.7 Å². The summed E-state index contributed by atoms with van der Waals surface area (Å²) in [5.41, 5.74) is -1.60. The van der Waals surface area contributed by atoms with E-state index >= 15 is 0 Å². The largest absolute Gasteiger partial charge is 0.459 e. The summed E-state index contributed by atoms with van der Waals surface area (Å²) in [4.78, 5) is 26.6. The van der Waals surface area contributed by atoms with Crippen LogP contribution in [-0.4, -0.2) is 23.1 Å². The van der Waals surface area contributed by atoms with E-state index in [0.717, 1.165) is 64.2 Å². The summed E-state index contributed by atoms with van der Waals surface area (Å²) >= 11 is 0. The van der Waals surface area contributed by atoms with E-state index in [-0.39, 0.29) is 17.5 Å². The number of hydrogen-bond acceptors (Lipinski definition) is 4. The van der Waals surface area contributed by atoms with E-state index in [1.165, 1.54) is 12.8 Å². The standard InChI is InChI=1S/C25H40O4/c1-5-22(3,4)20(26)28-25-15-18-12-19(16-25)14-23(13-18,17-25)21(27)29-24(6-2)10-8-7-9-11-24/h18-19H,5-17H2,1-4H3. The lowest BCUT2D eigenvalue weighted by atomic mass is 9.47. The maximum absolute atomic E-state index is 13.6. The molecule has 2 atom stereocenters. The predicted octanol–water partition coefficient (Wildman–Crippen LogP) is 5.96. The van der Waals surface area contributed by atoms with Crippen LogP contribution in [0.1, 0.15) is 111 Å². The third-order valence-electron chi connectivity index (χ3n) is 8.90. The fourth-order valence-corrected chi connectivity index (χ4v) is 7.04. The lowest BCUT2D eigenvalue weighted by Crippen LogP contribution is -2.61. The third-order valence-corrected chi connectivity index (χ3v) is 8.90. The summed E-state index contributed by atoms with van der Waals surface area (Å²) < 4.78 is 12.6. The summed E-state index contributed by atoms with van der Waals surface area (Å²) in [7, 11) is 0. The summed E-state index contributed by atoms with van der Waals surface area (Å²) in [6.45, 7) is 8.13. The van der Waals surface area contributed by atoms with Gasteiger partial charge in [0.05, 0.1) is 10.8 Å². The Kier molecular flexibility index (Phi) is 5.31. The van der Waals surface area contributed by atoms with E-state index in [0.29, 0.717) is 18.3 Å². The van der Waals surface area contributed by atoms with Crippen molar-refractivity contribution in [3.05, 3.63) is 0 Å². The van der Waals surface area contributed by atoms with E-state index in [4.69, 9.17) is 9.47 Å². The van der Waals surface area contributed by atoms with Crippen LogP contribution >= 0.6 is 0 Å². The molecule has 4 heteroatoms. The molecular formula is C25H40O4. The lowest BCUT2D eigenvalue weighted by molar-refractivity contribution is -0.225. The van der Waals surface area contributed by atoms with Crippen LogP contribution in [0, 0.1) is 22.7 Å². The van der Waals surface area contributed by atoms with Gasteiger partial charge in [-0.25, -0.2) is 0 Å². The molecule has 0 aromatic heterocycles. The normalized spacial score (nSPS) is 37.9. The minimum Gasteiger partial charge on any atom is -0.459 e. The van der Waals surface area contributed by atoms with Crippen LogP contribution < -0.4 is 0 Å². The van der Waals surface area contributed by atoms with Crippen molar-refractivity contribution in [1.82, 2.24) is 0 Å². The summed E-state index contributed by atoms with van der Waals surface area (Å²) in [5, 5.41) is 0. The first kappa shape index (κ1) is 21.2. The molecule has 4 nitrogen and oxygen atoms in total. The highest BCUT2D eigenvalue weighted by Crippen LogP contribution is 2.63. The first-order valence-corrected chi connectivity index (χ1v) is 12.1. The van der Waals surface area contributed by atoms with Gasteiger partial charge >= 0.3 is 11.9 Å². The Morgan fingerprint density at radius 3 is 2.10 bits per heavy atom. The molecule has 0 spiro atoms. The van der Waals surface area contributed by atoms with Gasteiger partial charge in [0.15, 0.2) is 0 Å². The average Bonchev–Trinajstić information content (AvgIpc) is 2.67. The van der Waals surface area contributed by atoms with Crippen LogP contribution in [0.15, 0.2) is 0 Å². The van der Waals surface area contributed by atoms with Crippen molar-refractivity contribution in [3.63, 3.8) is 0 Å². The number of carbonyl (C=O) groups excluding carboxylic acids is 2. The van der Waals surface area contributed by atoms with Gasteiger partial charge in [0, 0.05) is 6.42 Å². The summed E-state index contributed by atoms with van der Waals surface area (Å²) in [6.07, 6.45) is 12.8. The number of hydrogen-bond donors (Lipinski definition) is 0. The van der Waals surface area contributed by atoms with Crippen molar-refractivity contribution in [3.8, 4) is 0 Å². The zero-order valence-corrected chi connectivity index (χ0v) is 19.0. The van der Waals surface area contributed by atoms with Crippen molar-refractivity contribution in [2.45, 2.75) is 122 Å². The van der Waals surface area contributed by atoms with Gasteiger partial charge in [-0.15, -0.1) is 0 Å². The van der Waals surface area contributed by atoms with Gasteiger partial charge in [-0.05, 0) is 96.3 Å². The molecule has 5 rings (SSSR count). The summed E-state index contributed by atoms with van der Waals surface area (Å²) in [5.74, 6) is 0.906. The molecular weight excluding hydrogens is 364 g/mol. The van der Waals surface area contributed by atoms with Crippen molar-refractivity contribution in [1.29, 1.82) is 0 Å². The molecule has 0 radical (unpaired) electrons. The number of ether oxygens (including phenoxy) is 2. The Morgan fingerprint density at radius 1 is 0.931 bits per heavy atom. The first-order chi connectivity index (χ1) is 13.7. The van der Waals surface area contributed by atoms with Gasteiger partial charge < -0.3 is 9.47 Å². The van der Waals surface area contributed by atoms with E-state index in [2.05, 4.69) is 6.92 Å². The molecule has 5 aliphatic carbocycles. The highest BCUT2D eigenvalue weighted by atomic mass is 16.6. The molecule has 0 amide bonds. The highest BCUT2D eigenvalue weighted by Gasteiger charge is 2.64. The van der Waals surface area contributed by atoms with Gasteiger partial charge in [0.2, 0.25) is 0 Å². The fraction of sp³-hybridized carbons (Fsp3) is 0.920. The monoisotopic (exact) mass is 404 g/mol. The molecule has 29 heavy (non-hydrogen) atoms. The van der Waals surface area contributed by atoms with Crippen molar-refractivity contribution < 1.29 is 19.1 Å². The Hall–Kier alpha value is -1.06. The molecule has 4 bridgehead atoms. The maximum Gasteiger partial charge on any atom is 0.312 e. The van der Waals surface area contributed by atoms with Crippen molar-refractivity contribution in [2.75, 3.05) is 0 Å². The number of rotatable bonds is 6. The lowest BCUT2D eigenvalue weighted by Gasteiger charge is -2.60. The average molecular weight is 405 g/mol. The molecule has 2 unspecified atom stereocenters. The molecule has 0 aromatic rings. The van der Waals surface area contributed by atoms with Crippen LogP contribution in [-0.2, 0) is 19.1 Å². The smallest absolute Gasteiger partial charge is 0.312 e. The van der Waals surface area contributed by atoms with E-state index < -0.39 is 16.4 Å². The topological polar surface area (TPSA) is 52.6 Å². The van der Waals surface area contributed by atoms with Gasteiger partial charge in [-0.3, -0.25) is 9.59 Å². The van der Waals surface area contributed by atoms with Crippen molar-refractivity contribution >= 4 is 11.9 Å². The summed E-state index contributed by atoms with van der Waals surface area (Å²) in [6, 6.07) is 0. The van der Waals surface area contributed by atoms with Crippen LogP contribution in [0.5, 0.6) is 0 Å². The minimum absolute atomic E-state index is 0.0190. The maximum atomic E-state index is 13.6. The van der Waals surface area contributed by atoms with Gasteiger partial charge in [0.25, 0.3) is 0 Å². The van der Waals surface area contributed by atoms with Gasteiger partial charge in [-0.2, -0.15) is 0 Å². The minimum atomic E-state index is -0.467. The van der Waals surface area contributed by atoms with Crippen LogP contribution in [0.2, 0.25) is 0 Å². The van der Waals surface area contributed by atoms with E-state index in [1.54, 1.807) is 0 Å². The van der Waals surface area contributed by atoms with Crippen LogP contribution in [0.4, 0.5) is 0 Å². The highest BCUT2D eigenvalue weighted by molar-refractivity contribution is 5.79. The van der Waals surface area contributed by atoms with Crippen LogP contribution in [0.3, 0.4) is 0 Å². The zero-order chi connectivity index (χ0) is 20.9. The SMILES string of the molecule is CCC1(OC(=O)C23CC4CC(CC(OC(=O)C(C)(C)CC)(C4)C2)C3)CCCCC1.